The second kappa shape index (κ2) is 9.89. The van der Waals surface area contributed by atoms with Crippen LogP contribution in [0.1, 0.15) is 30.3 Å². The summed E-state index contributed by atoms with van der Waals surface area (Å²) in [6.45, 7) is 1.64. The Labute approximate surface area is 170 Å². The summed E-state index contributed by atoms with van der Waals surface area (Å²) in [6, 6.07) is 1.23. The first kappa shape index (κ1) is 22.2. The molecule has 0 bridgehead atoms. The number of carbonyl (C=O) groups excluding carboxylic acids is 1. The Bertz CT molecular complexity index is 906. The minimum Gasteiger partial charge on any atom is -0.488 e. The van der Waals surface area contributed by atoms with E-state index >= 15 is 0 Å². The third kappa shape index (κ3) is 6.19. The number of aliphatic hydroxyl groups excluding tert-OH is 1. The summed E-state index contributed by atoms with van der Waals surface area (Å²) >= 11 is 0.636. The third-order valence-electron chi connectivity index (χ3n) is 3.88. The van der Waals surface area contributed by atoms with Crippen molar-refractivity contribution in [2.75, 3.05) is 12.4 Å². The topological polar surface area (TPSA) is 184 Å². The summed E-state index contributed by atoms with van der Waals surface area (Å²) in [7, 11) is 1.30. The number of hydrogen-bond donors (Lipinski definition) is 7. The van der Waals surface area contributed by atoms with Crippen LogP contribution in [0.15, 0.2) is 27.1 Å². The van der Waals surface area contributed by atoms with Gasteiger partial charge in [-0.3, -0.25) is 20.9 Å². The number of rotatable bonds is 6. The summed E-state index contributed by atoms with van der Waals surface area (Å²) < 4.78 is 10.00. The molecule has 12 heteroatoms. The molecule has 1 saturated carbocycles. The Morgan fingerprint density at radius 1 is 1.34 bits per heavy atom. The summed E-state index contributed by atoms with van der Waals surface area (Å²) in [6.07, 6.45) is 3.09. The van der Waals surface area contributed by atoms with Crippen LogP contribution in [0.4, 0.5) is 5.69 Å². The van der Waals surface area contributed by atoms with Gasteiger partial charge < -0.3 is 30.3 Å². The van der Waals surface area contributed by atoms with E-state index in [0.29, 0.717) is 30.3 Å². The molecule has 156 valence electrons. The van der Waals surface area contributed by atoms with Crippen LogP contribution in [-0.4, -0.2) is 46.8 Å². The predicted molar refractivity (Wildman–Crippen MR) is 110 cm³/mol. The van der Waals surface area contributed by atoms with Crippen LogP contribution in [0.3, 0.4) is 0 Å². The molecule has 1 aliphatic carbocycles. The highest BCUT2D eigenvalue weighted by atomic mass is 32.2. The second-order valence-corrected chi connectivity index (χ2v) is 7.19. The van der Waals surface area contributed by atoms with Crippen molar-refractivity contribution in [2.24, 2.45) is 0 Å². The van der Waals surface area contributed by atoms with Gasteiger partial charge in [-0.05, 0) is 37.6 Å². The monoisotopic (exact) mass is 422 g/mol. The Morgan fingerprint density at radius 3 is 2.59 bits per heavy atom. The third-order valence-corrected chi connectivity index (χ3v) is 4.50. The van der Waals surface area contributed by atoms with Crippen LogP contribution < -0.4 is 26.3 Å². The van der Waals surface area contributed by atoms with Crippen LogP contribution in [0.5, 0.6) is 5.75 Å². The zero-order chi connectivity index (χ0) is 21.6. The summed E-state index contributed by atoms with van der Waals surface area (Å²) in [5.74, 6) is -1.26. The number of methoxy groups -OCH3 is 1. The van der Waals surface area contributed by atoms with Crippen LogP contribution in [-0.2, 0) is 0 Å². The van der Waals surface area contributed by atoms with Crippen molar-refractivity contribution < 1.29 is 19.1 Å². The van der Waals surface area contributed by atoms with Gasteiger partial charge in [-0.25, -0.2) is 4.79 Å². The molecule has 1 aromatic heterocycles. The molecule has 11 nitrogen and oxygen atoms in total. The van der Waals surface area contributed by atoms with E-state index in [1.165, 1.54) is 19.3 Å². The zero-order valence-electron chi connectivity index (χ0n) is 15.8. The molecule has 0 saturated heterocycles. The number of aliphatic hydroxyl groups is 1. The van der Waals surface area contributed by atoms with Crippen molar-refractivity contribution in [1.29, 1.82) is 16.2 Å². The number of nitrogens with one attached hydrogen (secondary N) is 6. The lowest BCUT2D eigenvalue weighted by molar-refractivity contribution is 0.0834. The Kier molecular flexibility index (Phi) is 7.56. The minimum atomic E-state index is -0.858. The molecule has 0 aromatic carbocycles. The molecule has 0 unspecified atom stereocenters. The highest BCUT2D eigenvalue weighted by Gasteiger charge is 2.29. The number of carbonyl (C=O) groups is 1. The smallest absolute Gasteiger partial charge is 0.381 e. The lowest BCUT2D eigenvalue weighted by atomic mass is 9.89. The number of hydrogen-bond acceptors (Lipinski definition) is 10. The van der Waals surface area contributed by atoms with E-state index in [4.69, 9.17) is 25.4 Å². The van der Waals surface area contributed by atoms with Gasteiger partial charge in [-0.1, -0.05) is 0 Å². The molecule has 0 spiro atoms. The van der Waals surface area contributed by atoms with E-state index in [-0.39, 0.29) is 33.6 Å². The van der Waals surface area contributed by atoms with E-state index in [9.17, 15) is 14.7 Å². The Balaban J connectivity index is 2.06. The van der Waals surface area contributed by atoms with Crippen molar-refractivity contribution in [3.05, 3.63) is 34.0 Å². The number of amidine groups is 2. The maximum atomic E-state index is 12.3. The molecule has 1 amide bonds. The molecule has 2 rings (SSSR count). The minimum absolute atomic E-state index is 0.0609. The molecule has 29 heavy (non-hydrogen) atoms. The van der Waals surface area contributed by atoms with Gasteiger partial charge in [0.25, 0.3) is 5.91 Å². The fourth-order valence-electron chi connectivity index (χ4n) is 2.48. The van der Waals surface area contributed by atoms with Gasteiger partial charge in [-0.2, -0.15) is 0 Å². The van der Waals surface area contributed by atoms with E-state index in [0.717, 1.165) is 6.21 Å². The molecule has 1 aromatic rings. The quantitative estimate of drug-likeness (QED) is 0.262. The maximum Gasteiger partial charge on any atom is 0.381 e. The van der Waals surface area contributed by atoms with Crippen molar-refractivity contribution in [2.45, 2.75) is 31.9 Å². The SMILES string of the molecule is COc1c(N[C@H]2C[C@@H](O)C2)cc(C(=O)NC(=N)SC(=N)N/C(C)=C\C=N)oc1=O. The molecule has 0 atom stereocenters. The van der Waals surface area contributed by atoms with E-state index in [1.54, 1.807) is 6.92 Å². The van der Waals surface area contributed by atoms with E-state index < -0.39 is 17.6 Å². The molecule has 1 fully saturated rings. The van der Waals surface area contributed by atoms with E-state index in [1.807, 2.05) is 0 Å². The number of amides is 1. The zero-order valence-corrected chi connectivity index (χ0v) is 16.6. The van der Waals surface area contributed by atoms with Crippen LogP contribution >= 0.6 is 11.8 Å². The van der Waals surface area contributed by atoms with Gasteiger partial charge in [0.1, 0.15) is 0 Å². The van der Waals surface area contributed by atoms with Crippen molar-refractivity contribution in [1.82, 2.24) is 10.6 Å². The lowest BCUT2D eigenvalue weighted by Crippen LogP contribution is -2.39. The van der Waals surface area contributed by atoms with Gasteiger partial charge in [0.15, 0.2) is 16.1 Å². The summed E-state index contributed by atoms with van der Waals surface area (Å²) in [4.78, 5) is 24.5. The number of allylic oxidation sites excluding steroid dienone is 2. The highest BCUT2D eigenvalue weighted by molar-refractivity contribution is 8.26. The van der Waals surface area contributed by atoms with Gasteiger partial charge in [0, 0.05) is 24.0 Å². The van der Waals surface area contributed by atoms with Crippen molar-refractivity contribution in [3.8, 4) is 5.75 Å². The van der Waals surface area contributed by atoms with Gasteiger partial charge >= 0.3 is 5.63 Å². The molecule has 0 radical (unpaired) electrons. The normalized spacial score (nSPS) is 18.2. The van der Waals surface area contributed by atoms with Gasteiger partial charge in [-0.15, -0.1) is 0 Å². The average Bonchev–Trinajstić information content (AvgIpc) is 2.59. The standard InChI is InChI=1S/C17H22N6O5S/c1-8(3-4-18)21-16(19)29-17(20)23-14(25)12-7-11(13(27-2)15(26)28-12)22-9-5-10(24)6-9/h3-4,7,9-10,18,22,24H,5-6H2,1-2H3,(H2,19,21)(H2,20,23,25)/b8-3-,18-4?/t9-,10+. The first-order valence-electron chi connectivity index (χ1n) is 8.51. The van der Waals surface area contributed by atoms with Crippen LogP contribution in [0.2, 0.25) is 0 Å². The van der Waals surface area contributed by atoms with Crippen molar-refractivity contribution >= 4 is 39.9 Å². The summed E-state index contributed by atoms with van der Waals surface area (Å²) in [5, 5.41) is 39.3. The molecule has 7 N–H and O–H groups in total. The molecule has 1 heterocycles. The number of anilines is 1. The fraction of sp³-hybridized carbons (Fsp3) is 0.353. The second-order valence-electron chi connectivity index (χ2n) is 6.17. The molecular formula is C17H22N6O5S. The van der Waals surface area contributed by atoms with Crippen LogP contribution in [0, 0.1) is 16.2 Å². The summed E-state index contributed by atoms with van der Waals surface area (Å²) in [5.41, 5.74) is -0.0788. The maximum absolute atomic E-state index is 12.3. The molecule has 1 aliphatic rings. The predicted octanol–water partition coefficient (Wildman–Crippen LogP) is 1.06. The van der Waals surface area contributed by atoms with Gasteiger partial charge in [0.2, 0.25) is 5.75 Å². The van der Waals surface area contributed by atoms with E-state index in [2.05, 4.69) is 16.0 Å². The van der Waals surface area contributed by atoms with Crippen molar-refractivity contribution in [3.63, 3.8) is 0 Å². The first-order valence-corrected chi connectivity index (χ1v) is 9.32. The van der Waals surface area contributed by atoms with Gasteiger partial charge in [0.05, 0.1) is 18.9 Å². The Morgan fingerprint density at radius 2 is 2.00 bits per heavy atom. The number of ether oxygens (including phenoxy) is 1. The fourth-order valence-corrected chi connectivity index (χ4v) is 3.04. The average molecular weight is 422 g/mol. The lowest BCUT2D eigenvalue weighted by Gasteiger charge is -2.33. The first-order chi connectivity index (χ1) is 13.7. The molecular weight excluding hydrogens is 400 g/mol. The largest absolute Gasteiger partial charge is 0.488 e. The number of thioether (sulfide) groups is 1. The Hall–Kier alpha value is -3.12. The highest BCUT2D eigenvalue weighted by Crippen LogP contribution is 2.28. The van der Waals surface area contributed by atoms with Crippen LogP contribution in [0.25, 0.3) is 0 Å². The molecule has 0 aliphatic heterocycles.